The quantitative estimate of drug-likeness (QED) is 0.372. The summed E-state index contributed by atoms with van der Waals surface area (Å²) in [6.45, 7) is 5.74. The molecule has 3 aromatic rings. The summed E-state index contributed by atoms with van der Waals surface area (Å²) in [6, 6.07) is 13.7. The number of anilines is 1. The maximum absolute atomic E-state index is 13.3. The van der Waals surface area contributed by atoms with Crippen LogP contribution in [0.5, 0.6) is 5.75 Å². The summed E-state index contributed by atoms with van der Waals surface area (Å²) < 4.78 is 5.41. The second-order valence-corrected chi connectivity index (χ2v) is 7.94. The van der Waals surface area contributed by atoms with Crippen LogP contribution in [0.15, 0.2) is 66.5 Å². The van der Waals surface area contributed by atoms with E-state index in [0.29, 0.717) is 22.6 Å². The van der Waals surface area contributed by atoms with Crippen molar-refractivity contribution in [3.8, 4) is 5.75 Å². The SMILES string of the molecule is COc1ccc(C)cc1/C(O)=C1\C(=O)C(=O)N(c2ccc(C)cc2C)C1c1ccncc1. The van der Waals surface area contributed by atoms with Gasteiger partial charge in [0.2, 0.25) is 0 Å². The van der Waals surface area contributed by atoms with Crippen LogP contribution in [0, 0.1) is 20.8 Å². The minimum Gasteiger partial charge on any atom is -0.507 e. The number of carbonyl (C=O) groups excluding carboxylic acids is 2. The monoisotopic (exact) mass is 428 g/mol. The van der Waals surface area contributed by atoms with Gasteiger partial charge >= 0.3 is 0 Å². The van der Waals surface area contributed by atoms with Crippen LogP contribution < -0.4 is 9.64 Å². The molecule has 1 aliphatic rings. The summed E-state index contributed by atoms with van der Waals surface area (Å²) in [5, 5.41) is 11.3. The number of aliphatic hydroxyl groups is 1. The number of rotatable bonds is 4. The van der Waals surface area contributed by atoms with Crippen molar-refractivity contribution in [3.05, 3.63) is 94.3 Å². The number of aryl methyl sites for hydroxylation is 3. The molecule has 1 saturated heterocycles. The molecule has 0 aliphatic carbocycles. The number of hydrogen-bond acceptors (Lipinski definition) is 5. The van der Waals surface area contributed by atoms with Crippen LogP contribution in [0.2, 0.25) is 0 Å². The highest BCUT2D eigenvalue weighted by Crippen LogP contribution is 2.44. The van der Waals surface area contributed by atoms with Gasteiger partial charge in [-0.15, -0.1) is 0 Å². The third kappa shape index (κ3) is 3.54. The molecule has 1 amide bonds. The molecule has 1 aromatic heterocycles. The number of ketones is 1. The van der Waals surface area contributed by atoms with E-state index in [0.717, 1.165) is 16.7 Å². The Morgan fingerprint density at radius 3 is 2.28 bits per heavy atom. The molecule has 1 unspecified atom stereocenters. The summed E-state index contributed by atoms with van der Waals surface area (Å²) in [6.07, 6.45) is 3.20. The van der Waals surface area contributed by atoms with Gasteiger partial charge in [0.25, 0.3) is 11.7 Å². The standard InChI is InChI=1S/C26H24N2O4/c1-15-5-7-20(17(3)13-15)28-23(18-9-11-27-12-10-18)22(25(30)26(28)31)24(29)19-14-16(2)6-8-21(19)32-4/h5-14,23,29H,1-4H3/b24-22+. The highest BCUT2D eigenvalue weighted by atomic mass is 16.5. The van der Waals surface area contributed by atoms with Crippen molar-refractivity contribution in [3.63, 3.8) is 0 Å². The molecule has 4 rings (SSSR count). The van der Waals surface area contributed by atoms with E-state index in [2.05, 4.69) is 4.98 Å². The van der Waals surface area contributed by atoms with Crippen molar-refractivity contribution in [1.82, 2.24) is 4.98 Å². The van der Waals surface area contributed by atoms with Gasteiger partial charge in [-0.1, -0.05) is 29.3 Å². The van der Waals surface area contributed by atoms with E-state index in [1.807, 2.05) is 45.0 Å². The number of nitrogens with zero attached hydrogens (tertiary/aromatic N) is 2. The Hall–Kier alpha value is -3.93. The predicted molar refractivity (Wildman–Crippen MR) is 123 cm³/mol. The number of aromatic nitrogens is 1. The summed E-state index contributed by atoms with van der Waals surface area (Å²) in [5.41, 5.74) is 4.47. The maximum Gasteiger partial charge on any atom is 0.300 e. The number of carbonyl (C=O) groups is 2. The number of benzene rings is 2. The van der Waals surface area contributed by atoms with Crippen LogP contribution in [0.1, 0.15) is 33.9 Å². The molecule has 2 aromatic carbocycles. The first-order valence-corrected chi connectivity index (χ1v) is 10.3. The molecule has 162 valence electrons. The van der Waals surface area contributed by atoms with Gasteiger partial charge in [0.15, 0.2) is 0 Å². The van der Waals surface area contributed by atoms with Gasteiger partial charge in [-0.2, -0.15) is 0 Å². The van der Waals surface area contributed by atoms with Gasteiger partial charge < -0.3 is 9.84 Å². The lowest BCUT2D eigenvalue weighted by Gasteiger charge is -2.27. The lowest BCUT2D eigenvalue weighted by Crippen LogP contribution is -2.30. The smallest absolute Gasteiger partial charge is 0.300 e. The van der Waals surface area contributed by atoms with Crippen molar-refractivity contribution < 1.29 is 19.4 Å². The number of hydrogen-bond donors (Lipinski definition) is 1. The number of aliphatic hydroxyl groups excluding tert-OH is 1. The maximum atomic E-state index is 13.3. The Balaban J connectivity index is 2.00. The average molecular weight is 428 g/mol. The number of pyridine rings is 1. The fourth-order valence-corrected chi connectivity index (χ4v) is 4.17. The third-order valence-corrected chi connectivity index (χ3v) is 5.69. The van der Waals surface area contributed by atoms with Gasteiger partial charge in [-0.05, 0) is 62.2 Å². The van der Waals surface area contributed by atoms with E-state index in [1.165, 1.54) is 12.0 Å². The van der Waals surface area contributed by atoms with Crippen molar-refractivity contribution >= 4 is 23.1 Å². The molecular weight excluding hydrogens is 404 g/mol. The van der Waals surface area contributed by atoms with E-state index in [1.54, 1.807) is 36.7 Å². The molecule has 0 bridgehead atoms. The van der Waals surface area contributed by atoms with Crippen LogP contribution in [0.4, 0.5) is 5.69 Å². The van der Waals surface area contributed by atoms with Crippen LogP contribution in [0.3, 0.4) is 0 Å². The van der Waals surface area contributed by atoms with Gasteiger partial charge in [0.1, 0.15) is 11.5 Å². The van der Waals surface area contributed by atoms with Crippen LogP contribution >= 0.6 is 0 Å². The summed E-state index contributed by atoms with van der Waals surface area (Å²) >= 11 is 0. The second-order valence-electron chi connectivity index (χ2n) is 7.94. The van der Waals surface area contributed by atoms with Crippen molar-refractivity contribution in [2.75, 3.05) is 12.0 Å². The van der Waals surface area contributed by atoms with E-state index in [-0.39, 0.29) is 11.3 Å². The topological polar surface area (TPSA) is 79.7 Å². The number of methoxy groups -OCH3 is 1. The van der Waals surface area contributed by atoms with Crippen molar-refractivity contribution in [1.29, 1.82) is 0 Å². The molecule has 32 heavy (non-hydrogen) atoms. The highest BCUT2D eigenvalue weighted by molar-refractivity contribution is 6.51. The van der Waals surface area contributed by atoms with E-state index < -0.39 is 17.7 Å². The fourth-order valence-electron chi connectivity index (χ4n) is 4.17. The van der Waals surface area contributed by atoms with Crippen LogP contribution in [-0.2, 0) is 9.59 Å². The molecule has 1 fully saturated rings. The Morgan fingerprint density at radius 2 is 1.62 bits per heavy atom. The predicted octanol–water partition coefficient (Wildman–Crippen LogP) is 4.64. The molecule has 0 radical (unpaired) electrons. The van der Waals surface area contributed by atoms with E-state index in [4.69, 9.17) is 4.74 Å². The average Bonchev–Trinajstić information content (AvgIpc) is 3.04. The van der Waals surface area contributed by atoms with E-state index in [9.17, 15) is 14.7 Å². The molecule has 6 heteroatoms. The minimum atomic E-state index is -0.801. The molecule has 1 N–H and O–H groups in total. The van der Waals surface area contributed by atoms with Gasteiger partial charge in [0.05, 0.1) is 24.3 Å². The third-order valence-electron chi connectivity index (χ3n) is 5.69. The molecule has 1 aliphatic heterocycles. The lowest BCUT2D eigenvalue weighted by atomic mass is 9.94. The summed E-state index contributed by atoms with van der Waals surface area (Å²) in [7, 11) is 1.50. The number of ether oxygens (including phenoxy) is 1. The normalized spacial score (nSPS) is 17.6. The lowest BCUT2D eigenvalue weighted by molar-refractivity contribution is -0.132. The zero-order chi connectivity index (χ0) is 23.0. The van der Waals surface area contributed by atoms with Crippen LogP contribution in [0.25, 0.3) is 5.76 Å². The first kappa shape index (κ1) is 21.3. The largest absolute Gasteiger partial charge is 0.507 e. The first-order valence-electron chi connectivity index (χ1n) is 10.3. The van der Waals surface area contributed by atoms with Gasteiger partial charge in [-0.3, -0.25) is 19.5 Å². The Labute approximate surface area is 186 Å². The Kier molecular flexibility index (Phi) is 5.53. The summed E-state index contributed by atoms with van der Waals surface area (Å²) in [4.78, 5) is 32.1. The van der Waals surface area contributed by atoms with Crippen LogP contribution in [-0.4, -0.2) is 28.9 Å². The molecular formula is C26H24N2O4. The summed E-state index contributed by atoms with van der Waals surface area (Å²) in [5.74, 6) is -1.28. The number of amides is 1. The Morgan fingerprint density at radius 1 is 0.969 bits per heavy atom. The Bertz CT molecular complexity index is 1250. The molecule has 2 heterocycles. The highest BCUT2D eigenvalue weighted by Gasteiger charge is 2.47. The zero-order valence-corrected chi connectivity index (χ0v) is 18.4. The zero-order valence-electron chi connectivity index (χ0n) is 18.4. The molecule has 0 spiro atoms. The van der Waals surface area contributed by atoms with E-state index >= 15 is 0 Å². The minimum absolute atomic E-state index is 0.0186. The van der Waals surface area contributed by atoms with Crippen molar-refractivity contribution in [2.24, 2.45) is 0 Å². The fraction of sp³-hybridized carbons (Fsp3) is 0.192. The molecule has 1 atom stereocenters. The molecule has 6 nitrogen and oxygen atoms in total. The second kappa shape index (κ2) is 8.30. The van der Waals surface area contributed by atoms with Gasteiger partial charge in [-0.25, -0.2) is 0 Å². The van der Waals surface area contributed by atoms with Crippen molar-refractivity contribution in [2.45, 2.75) is 26.8 Å². The van der Waals surface area contributed by atoms with Gasteiger partial charge in [0, 0.05) is 18.1 Å². The molecule has 0 saturated carbocycles. The first-order chi connectivity index (χ1) is 15.3. The number of Topliss-reactive ketones (excluding diaryl/α,β-unsaturated/α-hetero) is 1.